The standard InChI is InChI=1S/C15H23NO2/c1-11(8-9-16-4)17-13-7-5-6-12-10-15(2,3)18-14(12)13/h5-7,11,16H,8-10H2,1-4H3. The van der Waals surface area contributed by atoms with Crippen LogP contribution in [0.4, 0.5) is 0 Å². The van der Waals surface area contributed by atoms with Crippen LogP contribution < -0.4 is 14.8 Å². The van der Waals surface area contributed by atoms with Crippen molar-refractivity contribution in [3.05, 3.63) is 23.8 Å². The van der Waals surface area contributed by atoms with E-state index in [0.29, 0.717) is 0 Å². The third kappa shape index (κ3) is 2.96. The van der Waals surface area contributed by atoms with Crippen LogP contribution in [0, 0.1) is 0 Å². The molecule has 0 radical (unpaired) electrons. The Bertz CT molecular complexity index is 415. The number of para-hydroxylation sites is 1. The lowest BCUT2D eigenvalue weighted by atomic mass is 10.0. The smallest absolute Gasteiger partial charge is 0.165 e. The van der Waals surface area contributed by atoms with Gasteiger partial charge in [0.25, 0.3) is 0 Å². The van der Waals surface area contributed by atoms with E-state index in [1.165, 1.54) is 5.56 Å². The normalized spacial score (nSPS) is 18.0. The Morgan fingerprint density at radius 2 is 2.22 bits per heavy atom. The summed E-state index contributed by atoms with van der Waals surface area (Å²) in [4.78, 5) is 0. The van der Waals surface area contributed by atoms with Gasteiger partial charge >= 0.3 is 0 Å². The Morgan fingerprint density at radius 1 is 1.44 bits per heavy atom. The lowest BCUT2D eigenvalue weighted by Gasteiger charge is -2.20. The molecular formula is C15H23NO2. The number of rotatable bonds is 5. The quantitative estimate of drug-likeness (QED) is 0.870. The fraction of sp³-hybridized carbons (Fsp3) is 0.600. The van der Waals surface area contributed by atoms with Gasteiger partial charge in [-0.2, -0.15) is 0 Å². The fourth-order valence-corrected chi connectivity index (χ4v) is 2.30. The van der Waals surface area contributed by atoms with Crippen molar-refractivity contribution in [2.24, 2.45) is 0 Å². The van der Waals surface area contributed by atoms with Gasteiger partial charge < -0.3 is 14.8 Å². The number of benzene rings is 1. The van der Waals surface area contributed by atoms with Crippen molar-refractivity contribution >= 4 is 0 Å². The number of nitrogens with one attached hydrogen (secondary N) is 1. The highest BCUT2D eigenvalue weighted by atomic mass is 16.5. The first kappa shape index (κ1) is 13.2. The van der Waals surface area contributed by atoms with Gasteiger partial charge in [-0.3, -0.25) is 0 Å². The monoisotopic (exact) mass is 249 g/mol. The first-order chi connectivity index (χ1) is 8.52. The molecule has 1 aromatic rings. The highest BCUT2D eigenvalue weighted by molar-refractivity contribution is 5.50. The summed E-state index contributed by atoms with van der Waals surface area (Å²) in [6, 6.07) is 6.16. The molecule has 1 unspecified atom stereocenters. The predicted octanol–water partition coefficient (Wildman–Crippen LogP) is 2.78. The van der Waals surface area contributed by atoms with E-state index in [2.05, 4.69) is 32.2 Å². The molecular weight excluding hydrogens is 226 g/mol. The molecule has 0 bridgehead atoms. The minimum Gasteiger partial charge on any atom is -0.487 e. The van der Waals surface area contributed by atoms with Gasteiger partial charge in [0.1, 0.15) is 5.60 Å². The second-order valence-corrected chi connectivity index (χ2v) is 5.60. The van der Waals surface area contributed by atoms with Crippen LogP contribution in [0.5, 0.6) is 11.5 Å². The van der Waals surface area contributed by atoms with Crippen molar-refractivity contribution < 1.29 is 9.47 Å². The second kappa shape index (κ2) is 5.19. The van der Waals surface area contributed by atoms with Crippen LogP contribution >= 0.6 is 0 Å². The molecule has 1 aliphatic rings. The van der Waals surface area contributed by atoms with Crippen molar-refractivity contribution in [1.82, 2.24) is 5.32 Å². The molecule has 0 aliphatic carbocycles. The summed E-state index contributed by atoms with van der Waals surface area (Å²) in [5.74, 6) is 1.81. The van der Waals surface area contributed by atoms with Crippen LogP contribution in [0.25, 0.3) is 0 Å². The first-order valence-corrected chi connectivity index (χ1v) is 6.64. The molecule has 1 heterocycles. The summed E-state index contributed by atoms with van der Waals surface area (Å²) in [5.41, 5.74) is 1.13. The zero-order chi connectivity index (χ0) is 13.2. The Morgan fingerprint density at radius 3 is 2.94 bits per heavy atom. The molecule has 0 amide bonds. The van der Waals surface area contributed by atoms with Gasteiger partial charge in [-0.25, -0.2) is 0 Å². The average molecular weight is 249 g/mol. The molecule has 1 aliphatic heterocycles. The van der Waals surface area contributed by atoms with Crippen molar-refractivity contribution in [2.45, 2.75) is 45.3 Å². The van der Waals surface area contributed by atoms with Gasteiger partial charge in [0.2, 0.25) is 0 Å². The summed E-state index contributed by atoms with van der Waals surface area (Å²) in [7, 11) is 1.96. The topological polar surface area (TPSA) is 30.5 Å². The Hall–Kier alpha value is -1.22. The van der Waals surface area contributed by atoms with E-state index in [-0.39, 0.29) is 11.7 Å². The van der Waals surface area contributed by atoms with Crippen LogP contribution in [-0.4, -0.2) is 25.3 Å². The summed E-state index contributed by atoms with van der Waals surface area (Å²) in [6.45, 7) is 7.28. The maximum atomic E-state index is 5.99. The maximum absolute atomic E-state index is 5.99. The predicted molar refractivity (Wildman–Crippen MR) is 73.5 cm³/mol. The molecule has 0 aromatic heterocycles. The molecule has 1 N–H and O–H groups in total. The van der Waals surface area contributed by atoms with Gasteiger partial charge in [-0.15, -0.1) is 0 Å². The molecule has 1 atom stereocenters. The van der Waals surface area contributed by atoms with E-state index in [0.717, 1.165) is 30.9 Å². The van der Waals surface area contributed by atoms with Gasteiger partial charge in [-0.1, -0.05) is 12.1 Å². The number of hydrogen-bond acceptors (Lipinski definition) is 3. The highest BCUT2D eigenvalue weighted by Crippen LogP contribution is 2.42. The van der Waals surface area contributed by atoms with Crippen molar-refractivity contribution in [3.8, 4) is 11.5 Å². The molecule has 0 spiro atoms. The molecule has 2 rings (SSSR count). The number of ether oxygens (including phenoxy) is 2. The van der Waals surface area contributed by atoms with E-state index >= 15 is 0 Å². The second-order valence-electron chi connectivity index (χ2n) is 5.60. The maximum Gasteiger partial charge on any atom is 0.165 e. The zero-order valence-electron chi connectivity index (χ0n) is 11.7. The molecule has 3 heteroatoms. The summed E-state index contributed by atoms with van der Waals surface area (Å²) in [5, 5.41) is 3.14. The van der Waals surface area contributed by atoms with E-state index in [1.807, 2.05) is 19.2 Å². The summed E-state index contributed by atoms with van der Waals surface area (Å²) >= 11 is 0. The molecule has 100 valence electrons. The van der Waals surface area contributed by atoms with Crippen LogP contribution in [0.3, 0.4) is 0 Å². The summed E-state index contributed by atoms with van der Waals surface area (Å²) in [6.07, 6.45) is 2.13. The molecule has 0 saturated heterocycles. The van der Waals surface area contributed by atoms with Crippen LogP contribution in [0.1, 0.15) is 32.8 Å². The van der Waals surface area contributed by atoms with E-state index in [4.69, 9.17) is 9.47 Å². The van der Waals surface area contributed by atoms with E-state index in [1.54, 1.807) is 0 Å². The molecule has 18 heavy (non-hydrogen) atoms. The third-order valence-corrected chi connectivity index (χ3v) is 3.18. The van der Waals surface area contributed by atoms with E-state index in [9.17, 15) is 0 Å². The van der Waals surface area contributed by atoms with Gasteiger partial charge in [0.05, 0.1) is 6.10 Å². The van der Waals surface area contributed by atoms with Gasteiger partial charge in [-0.05, 0) is 46.9 Å². The zero-order valence-corrected chi connectivity index (χ0v) is 11.7. The number of fused-ring (bicyclic) bond motifs is 1. The van der Waals surface area contributed by atoms with Crippen LogP contribution in [-0.2, 0) is 6.42 Å². The van der Waals surface area contributed by atoms with E-state index < -0.39 is 0 Å². The molecule has 0 fully saturated rings. The molecule has 3 nitrogen and oxygen atoms in total. The minimum atomic E-state index is -0.115. The lowest BCUT2D eigenvalue weighted by Crippen LogP contribution is -2.25. The van der Waals surface area contributed by atoms with Crippen molar-refractivity contribution in [1.29, 1.82) is 0 Å². The summed E-state index contributed by atoms with van der Waals surface area (Å²) < 4.78 is 12.0. The fourth-order valence-electron chi connectivity index (χ4n) is 2.30. The third-order valence-electron chi connectivity index (χ3n) is 3.18. The Labute approximate surface area is 109 Å². The van der Waals surface area contributed by atoms with Gasteiger partial charge in [0, 0.05) is 12.0 Å². The van der Waals surface area contributed by atoms with Gasteiger partial charge in [0.15, 0.2) is 11.5 Å². The molecule has 1 aromatic carbocycles. The van der Waals surface area contributed by atoms with Crippen LogP contribution in [0.15, 0.2) is 18.2 Å². The average Bonchev–Trinajstić information content (AvgIpc) is 2.62. The van der Waals surface area contributed by atoms with Crippen LogP contribution in [0.2, 0.25) is 0 Å². The van der Waals surface area contributed by atoms with Crippen molar-refractivity contribution in [3.63, 3.8) is 0 Å². The Kier molecular flexibility index (Phi) is 3.81. The minimum absolute atomic E-state index is 0.115. The molecule has 0 saturated carbocycles. The van der Waals surface area contributed by atoms with Crippen molar-refractivity contribution in [2.75, 3.05) is 13.6 Å². The SMILES string of the molecule is CNCCC(C)Oc1cccc2c1OC(C)(C)C2. The highest BCUT2D eigenvalue weighted by Gasteiger charge is 2.32. The lowest BCUT2D eigenvalue weighted by molar-refractivity contribution is 0.126. The first-order valence-electron chi connectivity index (χ1n) is 6.64. The largest absolute Gasteiger partial charge is 0.487 e. The Balaban J connectivity index is 2.09. The number of hydrogen-bond donors (Lipinski definition) is 1.